The molecule has 0 radical (unpaired) electrons. The van der Waals surface area contributed by atoms with E-state index in [4.69, 9.17) is 19.3 Å². The molecule has 1 saturated carbocycles. The van der Waals surface area contributed by atoms with Crippen molar-refractivity contribution >= 4 is 24.0 Å². The van der Waals surface area contributed by atoms with Crippen molar-refractivity contribution in [1.29, 1.82) is 0 Å². The monoisotopic (exact) mass is 553 g/mol. The third-order valence-corrected chi connectivity index (χ3v) is 6.87. The van der Waals surface area contributed by atoms with Gasteiger partial charge in [-0.05, 0) is 55.2 Å². The van der Waals surface area contributed by atoms with Crippen LogP contribution in [0.15, 0.2) is 54.6 Å². The number of ether oxygens (including phenoxy) is 3. The molecule has 1 fully saturated rings. The Balaban J connectivity index is 1.57. The molecule has 1 aliphatic carbocycles. The number of carbonyl (C=O) groups excluding carboxylic acids is 3. The fourth-order valence-corrected chi connectivity index (χ4v) is 4.77. The lowest BCUT2D eigenvalue weighted by Crippen LogP contribution is -2.39. The lowest BCUT2D eigenvalue weighted by molar-refractivity contribution is -0.173. The van der Waals surface area contributed by atoms with E-state index >= 15 is 0 Å². The van der Waals surface area contributed by atoms with Crippen LogP contribution < -0.4 is 5.32 Å². The maximum absolute atomic E-state index is 12.8. The number of carbonyl (C=O) groups is 4. The molecule has 0 saturated heterocycles. The quantitative estimate of drug-likeness (QED) is 0.241. The molecule has 0 aromatic heterocycles. The van der Waals surface area contributed by atoms with Crippen LogP contribution in [0.5, 0.6) is 0 Å². The van der Waals surface area contributed by atoms with E-state index < -0.39 is 42.3 Å². The first-order chi connectivity index (χ1) is 19.2. The summed E-state index contributed by atoms with van der Waals surface area (Å²) in [7, 11) is 0. The molecule has 9 heteroatoms. The van der Waals surface area contributed by atoms with Gasteiger partial charge < -0.3 is 24.6 Å². The second-order valence-corrected chi connectivity index (χ2v) is 10.3. The summed E-state index contributed by atoms with van der Waals surface area (Å²) in [5.41, 5.74) is 3.09. The SMILES string of the molecule is CC(OC(=O)OC1CCCCC1)OC(=O)C(C)CC(Cc1ccc(-c2ccccc2)cc1)NC(=O)CCC(=O)O. The summed E-state index contributed by atoms with van der Waals surface area (Å²) in [5.74, 6) is -2.68. The summed E-state index contributed by atoms with van der Waals surface area (Å²) in [6.45, 7) is 3.12. The minimum absolute atomic E-state index is 0.161. The van der Waals surface area contributed by atoms with Crippen LogP contribution in [0, 0.1) is 5.92 Å². The number of hydrogen-bond donors (Lipinski definition) is 2. The fraction of sp³-hybridized carbons (Fsp3) is 0.484. The van der Waals surface area contributed by atoms with Crippen LogP contribution in [-0.4, -0.2) is 47.5 Å². The summed E-state index contributed by atoms with van der Waals surface area (Å²) in [4.78, 5) is 48.2. The van der Waals surface area contributed by atoms with E-state index in [-0.39, 0.29) is 25.4 Å². The van der Waals surface area contributed by atoms with Gasteiger partial charge in [0.05, 0.1) is 12.3 Å². The molecule has 1 aliphatic rings. The second kappa shape index (κ2) is 15.6. The molecule has 3 unspecified atom stereocenters. The van der Waals surface area contributed by atoms with Crippen molar-refractivity contribution in [2.45, 2.75) is 90.1 Å². The number of nitrogens with one attached hydrogen (secondary N) is 1. The highest BCUT2D eigenvalue weighted by molar-refractivity contribution is 5.81. The van der Waals surface area contributed by atoms with Gasteiger partial charge in [0, 0.05) is 19.4 Å². The average molecular weight is 554 g/mol. The zero-order valence-electron chi connectivity index (χ0n) is 23.2. The zero-order valence-corrected chi connectivity index (χ0v) is 23.2. The molecule has 40 heavy (non-hydrogen) atoms. The number of amides is 1. The Labute approximate surface area is 235 Å². The zero-order chi connectivity index (χ0) is 28.9. The smallest absolute Gasteiger partial charge is 0.481 e. The highest BCUT2D eigenvalue weighted by atomic mass is 16.8. The molecular formula is C31H39NO8. The highest BCUT2D eigenvalue weighted by Gasteiger charge is 2.26. The standard InChI is InChI=1S/C31H39NO8/c1-21(30(36)38-22(2)39-31(37)40-27-11-7-4-8-12-27)19-26(32-28(33)17-18-29(34)35)20-23-13-15-25(16-14-23)24-9-5-3-6-10-24/h3,5-6,9-10,13-16,21-22,26-27H,4,7-8,11-12,17-20H2,1-2H3,(H,32,33)(H,34,35). The average Bonchev–Trinajstić information content (AvgIpc) is 2.93. The van der Waals surface area contributed by atoms with E-state index in [0.29, 0.717) is 6.42 Å². The Morgan fingerprint density at radius 2 is 1.52 bits per heavy atom. The number of carboxylic acids is 1. The van der Waals surface area contributed by atoms with Crippen LogP contribution in [0.25, 0.3) is 11.1 Å². The van der Waals surface area contributed by atoms with Crippen LogP contribution >= 0.6 is 0 Å². The van der Waals surface area contributed by atoms with Gasteiger partial charge in [-0.1, -0.05) is 67.9 Å². The molecule has 216 valence electrons. The van der Waals surface area contributed by atoms with Crippen molar-refractivity contribution < 1.29 is 38.5 Å². The number of aliphatic carboxylic acids is 1. The molecule has 2 aromatic carbocycles. The van der Waals surface area contributed by atoms with Gasteiger partial charge in [0.1, 0.15) is 6.10 Å². The molecule has 0 heterocycles. The Hall–Kier alpha value is -3.88. The van der Waals surface area contributed by atoms with Gasteiger partial charge in [-0.15, -0.1) is 0 Å². The lowest BCUT2D eigenvalue weighted by atomic mass is 9.94. The first-order valence-corrected chi connectivity index (χ1v) is 13.9. The molecule has 1 amide bonds. The van der Waals surface area contributed by atoms with E-state index in [1.807, 2.05) is 54.6 Å². The normalized spacial score (nSPS) is 15.8. The number of hydrogen-bond acceptors (Lipinski definition) is 7. The fourth-order valence-electron chi connectivity index (χ4n) is 4.77. The van der Waals surface area contributed by atoms with E-state index in [1.54, 1.807) is 6.92 Å². The van der Waals surface area contributed by atoms with Crippen molar-refractivity contribution in [3.63, 3.8) is 0 Å². The van der Waals surface area contributed by atoms with Crippen LogP contribution in [-0.2, 0) is 35.0 Å². The number of benzene rings is 2. The summed E-state index contributed by atoms with van der Waals surface area (Å²) in [6.07, 6.45) is 2.82. The first-order valence-electron chi connectivity index (χ1n) is 13.9. The van der Waals surface area contributed by atoms with Gasteiger partial charge in [-0.2, -0.15) is 0 Å². The van der Waals surface area contributed by atoms with Gasteiger partial charge in [0.15, 0.2) is 0 Å². The first kappa shape index (κ1) is 30.7. The second-order valence-electron chi connectivity index (χ2n) is 10.3. The minimum atomic E-state index is -1.12. The Bertz CT molecular complexity index is 1110. The molecule has 2 N–H and O–H groups in total. The summed E-state index contributed by atoms with van der Waals surface area (Å²) >= 11 is 0. The molecule has 3 rings (SSSR count). The van der Waals surface area contributed by atoms with E-state index in [2.05, 4.69) is 5.32 Å². The minimum Gasteiger partial charge on any atom is -0.481 e. The number of esters is 1. The Kier molecular flexibility index (Phi) is 12.0. The third-order valence-electron chi connectivity index (χ3n) is 6.87. The van der Waals surface area contributed by atoms with Crippen molar-refractivity contribution in [1.82, 2.24) is 5.32 Å². The maximum atomic E-state index is 12.8. The number of rotatable bonds is 13. The van der Waals surface area contributed by atoms with Crippen molar-refractivity contribution in [3.05, 3.63) is 60.2 Å². The summed E-state index contributed by atoms with van der Waals surface area (Å²) in [6, 6.07) is 17.4. The van der Waals surface area contributed by atoms with E-state index in [0.717, 1.165) is 48.8 Å². The van der Waals surface area contributed by atoms with Gasteiger partial charge >= 0.3 is 18.1 Å². The predicted molar refractivity (Wildman–Crippen MR) is 148 cm³/mol. The Morgan fingerprint density at radius 3 is 2.17 bits per heavy atom. The molecule has 0 bridgehead atoms. The molecule has 2 aromatic rings. The topological polar surface area (TPSA) is 128 Å². The van der Waals surface area contributed by atoms with Crippen LogP contribution in [0.4, 0.5) is 4.79 Å². The third kappa shape index (κ3) is 10.7. The van der Waals surface area contributed by atoms with E-state index in [1.165, 1.54) is 6.92 Å². The largest absolute Gasteiger partial charge is 0.511 e. The lowest BCUT2D eigenvalue weighted by Gasteiger charge is -2.24. The molecule has 9 nitrogen and oxygen atoms in total. The maximum Gasteiger partial charge on any atom is 0.511 e. The van der Waals surface area contributed by atoms with Crippen LogP contribution in [0.1, 0.15) is 70.8 Å². The highest BCUT2D eigenvalue weighted by Crippen LogP contribution is 2.22. The predicted octanol–water partition coefficient (Wildman–Crippen LogP) is 5.65. The summed E-state index contributed by atoms with van der Waals surface area (Å²) < 4.78 is 15.7. The van der Waals surface area contributed by atoms with Gasteiger partial charge in [-0.25, -0.2) is 4.79 Å². The summed E-state index contributed by atoms with van der Waals surface area (Å²) in [5, 5.41) is 11.8. The van der Waals surface area contributed by atoms with Gasteiger partial charge in [-0.3, -0.25) is 14.4 Å². The molecule has 3 atom stereocenters. The van der Waals surface area contributed by atoms with Crippen molar-refractivity contribution in [2.24, 2.45) is 5.92 Å². The molecule has 0 spiro atoms. The van der Waals surface area contributed by atoms with Crippen molar-refractivity contribution in [3.8, 4) is 11.1 Å². The van der Waals surface area contributed by atoms with Crippen LogP contribution in [0.3, 0.4) is 0 Å². The van der Waals surface area contributed by atoms with Gasteiger partial charge in [0.2, 0.25) is 12.2 Å². The van der Waals surface area contributed by atoms with Gasteiger partial charge in [0.25, 0.3) is 0 Å². The van der Waals surface area contributed by atoms with Crippen molar-refractivity contribution in [2.75, 3.05) is 0 Å². The number of carboxylic acid groups (broad SMARTS) is 1. The Morgan fingerprint density at radius 1 is 0.875 bits per heavy atom. The van der Waals surface area contributed by atoms with Crippen LogP contribution in [0.2, 0.25) is 0 Å². The molecular weight excluding hydrogens is 514 g/mol. The molecule has 0 aliphatic heterocycles. The van der Waals surface area contributed by atoms with E-state index in [9.17, 15) is 19.2 Å².